The molecule has 0 spiro atoms. The van der Waals surface area contributed by atoms with Crippen LogP contribution in [0.3, 0.4) is 0 Å². The molecule has 1 aliphatic heterocycles. The third-order valence-electron chi connectivity index (χ3n) is 2.77. The van der Waals surface area contributed by atoms with Crippen LogP contribution >= 0.6 is 38.5 Å². The van der Waals surface area contributed by atoms with E-state index in [0.29, 0.717) is 22.1 Å². The van der Waals surface area contributed by atoms with E-state index in [9.17, 15) is 14.7 Å². The van der Waals surface area contributed by atoms with E-state index in [1.165, 1.54) is 6.08 Å². The Bertz CT molecular complexity index is 616. The van der Waals surface area contributed by atoms with Gasteiger partial charge in [-0.15, -0.1) is 0 Å². The van der Waals surface area contributed by atoms with Gasteiger partial charge in [-0.25, -0.2) is 4.79 Å². The third kappa shape index (κ3) is 2.98. The van der Waals surface area contributed by atoms with Crippen molar-refractivity contribution in [2.75, 3.05) is 6.54 Å². The van der Waals surface area contributed by atoms with E-state index in [0.717, 1.165) is 9.37 Å². The van der Waals surface area contributed by atoms with Crippen LogP contribution in [0.1, 0.15) is 18.9 Å². The van der Waals surface area contributed by atoms with Gasteiger partial charge in [-0.05, 0) is 47.2 Å². The Morgan fingerprint density at radius 2 is 2.15 bits per heavy atom. The van der Waals surface area contributed by atoms with Gasteiger partial charge in [-0.2, -0.15) is 0 Å². The average Bonchev–Trinajstić information content (AvgIpc) is 2.63. The molecule has 7 heteroatoms. The van der Waals surface area contributed by atoms with Crippen molar-refractivity contribution in [1.29, 1.82) is 0 Å². The largest absolute Gasteiger partial charge is 0.506 e. The van der Waals surface area contributed by atoms with Crippen LogP contribution in [-0.4, -0.2) is 28.5 Å². The molecule has 1 aromatic rings. The molecule has 0 aromatic heterocycles. The molecule has 0 saturated carbocycles. The number of nitrogens with zero attached hydrogens (tertiary/aromatic N) is 1. The lowest BCUT2D eigenvalue weighted by molar-refractivity contribution is -0.122. The second-order valence-corrected chi connectivity index (χ2v) is 6.35. The lowest BCUT2D eigenvalue weighted by Crippen LogP contribution is -2.31. The molecule has 20 heavy (non-hydrogen) atoms. The van der Waals surface area contributed by atoms with Gasteiger partial charge in [-0.1, -0.05) is 22.9 Å². The standard InChI is InChI=1S/C13H12BrIN2O3/c1-2-3-17-12(19)10(16-13(17)20)5-7-4-8(14)6-9(15)11(7)18/h4-6,18H,2-3H2,1H3,(H,16,20)/b10-5-. The molecule has 2 rings (SSSR count). The van der Waals surface area contributed by atoms with Crippen LogP contribution < -0.4 is 5.32 Å². The fraction of sp³-hybridized carbons (Fsp3) is 0.231. The summed E-state index contributed by atoms with van der Waals surface area (Å²) >= 11 is 5.33. The van der Waals surface area contributed by atoms with Crippen LogP contribution in [0.2, 0.25) is 0 Å². The van der Waals surface area contributed by atoms with Gasteiger partial charge in [-0.3, -0.25) is 9.69 Å². The molecule has 5 nitrogen and oxygen atoms in total. The molecule has 1 saturated heterocycles. The summed E-state index contributed by atoms with van der Waals surface area (Å²) in [5, 5.41) is 12.5. The number of carbonyl (C=O) groups excluding carboxylic acids is 2. The number of nitrogens with one attached hydrogen (secondary N) is 1. The lowest BCUT2D eigenvalue weighted by Gasteiger charge is -2.08. The predicted molar refractivity (Wildman–Crippen MR) is 87.0 cm³/mol. The number of urea groups is 1. The van der Waals surface area contributed by atoms with Crippen molar-refractivity contribution in [3.63, 3.8) is 0 Å². The summed E-state index contributed by atoms with van der Waals surface area (Å²) in [5.74, 6) is -0.288. The van der Waals surface area contributed by atoms with Crippen molar-refractivity contribution < 1.29 is 14.7 Å². The Hall–Kier alpha value is -1.09. The zero-order chi connectivity index (χ0) is 14.9. The Labute approximate surface area is 138 Å². The fourth-order valence-corrected chi connectivity index (χ4v) is 3.40. The Balaban J connectivity index is 2.38. The maximum Gasteiger partial charge on any atom is 0.329 e. The first-order valence-electron chi connectivity index (χ1n) is 5.96. The van der Waals surface area contributed by atoms with E-state index in [1.54, 1.807) is 12.1 Å². The number of halogens is 2. The van der Waals surface area contributed by atoms with E-state index in [2.05, 4.69) is 21.2 Å². The van der Waals surface area contributed by atoms with Crippen LogP contribution in [0, 0.1) is 3.57 Å². The molecule has 1 aromatic carbocycles. The highest BCUT2D eigenvalue weighted by Crippen LogP contribution is 2.30. The summed E-state index contributed by atoms with van der Waals surface area (Å²) < 4.78 is 1.44. The van der Waals surface area contributed by atoms with Gasteiger partial charge in [0, 0.05) is 16.6 Å². The molecule has 0 bridgehead atoms. The van der Waals surface area contributed by atoms with Crippen molar-refractivity contribution in [2.24, 2.45) is 0 Å². The molecule has 0 atom stereocenters. The minimum absolute atomic E-state index is 0.0808. The molecular weight excluding hydrogens is 439 g/mol. The Morgan fingerprint density at radius 1 is 1.45 bits per heavy atom. The molecule has 106 valence electrons. The monoisotopic (exact) mass is 450 g/mol. The maximum atomic E-state index is 12.1. The van der Waals surface area contributed by atoms with Gasteiger partial charge < -0.3 is 10.4 Å². The second-order valence-electron chi connectivity index (χ2n) is 4.27. The van der Waals surface area contributed by atoms with Gasteiger partial charge in [0.2, 0.25) is 0 Å². The summed E-state index contributed by atoms with van der Waals surface area (Å²) in [6.45, 7) is 2.27. The third-order valence-corrected chi connectivity index (χ3v) is 4.05. The molecule has 1 aliphatic rings. The summed E-state index contributed by atoms with van der Waals surface area (Å²) in [4.78, 5) is 24.9. The first kappa shape index (κ1) is 15.3. The number of hydrogen-bond donors (Lipinski definition) is 2. The predicted octanol–water partition coefficient (Wildman–Crippen LogP) is 3.06. The molecule has 0 aliphatic carbocycles. The minimum Gasteiger partial charge on any atom is -0.506 e. The van der Waals surface area contributed by atoms with Gasteiger partial charge >= 0.3 is 6.03 Å². The van der Waals surface area contributed by atoms with Crippen molar-refractivity contribution in [3.05, 3.63) is 31.4 Å². The first-order chi connectivity index (χ1) is 9.43. The number of phenolic OH excluding ortho intramolecular Hbond substituents is 1. The van der Waals surface area contributed by atoms with E-state index < -0.39 is 6.03 Å². The van der Waals surface area contributed by atoms with Crippen molar-refractivity contribution in [1.82, 2.24) is 10.2 Å². The van der Waals surface area contributed by atoms with E-state index >= 15 is 0 Å². The van der Waals surface area contributed by atoms with Crippen molar-refractivity contribution >= 4 is 56.5 Å². The van der Waals surface area contributed by atoms with Crippen LogP contribution in [0.4, 0.5) is 4.79 Å². The molecule has 1 heterocycles. The smallest absolute Gasteiger partial charge is 0.329 e. The highest BCUT2D eigenvalue weighted by atomic mass is 127. The summed E-state index contributed by atoms with van der Waals surface area (Å²) in [5.41, 5.74) is 0.651. The topological polar surface area (TPSA) is 69.6 Å². The van der Waals surface area contributed by atoms with Crippen molar-refractivity contribution in [2.45, 2.75) is 13.3 Å². The zero-order valence-electron chi connectivity index (χ0n) is 10.6. The van der Waals surface area contributed by atoms with Crippen molar-refractivity contribution in [3.8, 4) is 5.75 Å². The number of hydrogen-bond acceptors (Lipinski definition) is 3. The zero-order valence-corrected chi connectivity index (χ0v) is 14.4. The minimum atomic E-state index is -0.424. The Morgan fingerprint density at radius 3 is 2.80 bits per heavy atom. The number of benzene rings is 1. The second kappa shape index (κ2) is 6.13. The van der Waals surface area contributed by atoms with Crippen LogP contribution in [0.5, 0.6) is 5.75 Å². The number of rotatable bonds is 3. The number of amides is 3. The van der Waals surface area contributed by atoms with Gasteiger partial charge in [0.05, 0.1) is 3.57 Å². The van der Waals surface area contributed by atoms with Gasteiger partial charge in [0.25, 0.3) is 5.91 Å². The molecule has 2 N–H and O–H groups in total. The average molecular weight is 451 g/mol. The number of carbonyl (C=O) groups is 2. The SMILES string of the molecule is CCCN1C(=O)N/C(=C\c2cc(Br)cc(I)c2O)C1=O. The fourth-order valence-electron chi connectivity index (χ4n) is 1.85. The summed E-state index contributed by atoms with van der Waals surface area (Å²) in [6.07, 6.45) is 2.19. The van der Waals surface area contributed by atoms with Crippen LogP contribution in [0.25, 0.3) is 6.08 Å². The summed E-state index contributed by atoms with van der Waals surface area (Å²) in [7, 11) is 0. The van der Waals surface area contributed by atoms with E-state index in [4.69, 9.17) is 0 Å². The van der Waals surface area contributed by atoms with Crippen LogP contribution in [-0.2, 0) is 4.79 Å². The normalized spacial score (nSPS) is 16.9. The van der Waals surface area contributed by atoms with Crippen LogP contribution in [0.15, 0.2) is 22.3 Å². The van der Waals surface area contributed by atoms with Gasteiger partial charge in [0.1, 0.15) is 11.4 Å². The maximum absolute atomic E-state index is 12.1. The van der Waals surface area contributed by atoms with E-state index in [-0.39, 0.29) is 17.4 Å². The number of aromatic hydroxyl groups is 1. The Kier molecular flexibility index (Phi) is 4.69. The number of imide groups is 1. The van der Waals surface area contributed by atoms with Gasteiger partial charge in [0.15, 0.2) is 0 Å². The molecule has 3 amide bonds. The lowest BCUT2D eigenvalue weighted by atomic mass is 10.1. The first-order valence-corrected chi connectivity index (χ1v) is 7.83. The highest BCUT2D eigenvalue weighted by Gasteiger charge is 2.32. The number of phenols is 1. The quantitative estimate of drug-likeness (QED) is 0.422. The molecule has 0 unspecified atom stereocenters. The molecular formula is C13H12BrIN2O3. The molecule has 0 radical (unpaired) electrons. The summed E-state index contributed by atoms with van der Waals surface area (Å²) in [6, 6.07) is 3.02. The highest BCUT2D eigenvalue weighted by molar-refractivity contribution is 14.1. The van der Waals surface area contributed by atoms with E-state index in [1.807, 2.05) is 29.5 Å². The molecule has 1 fully saturated rings.